The van der Waals surface area contributed by atoms with E-state index >= 15 is 0 Å². The minimum absolute atomic E-state index is 0.241. The Morgan fingerprint density at radius 1 is 1.22 bits per heavy atom. The Hall–Kier alpha value is -2.53. The van der Waals surface area contributed by atoms with Crippen LogP contribution in [0.25, 0.3) is 5.69 Å². The van der Waals surface area contributed by atoms with Gasteiger partial charge < -0.3 is 9.73 Å². The summed E-state index contributed by atoms with van der Waals surface area (Å²) in [7, 11) is 0. The van der Waals surface area contributed by atoms with Crippen LogP contribution >= 0.6 is 11.6 Å². The molecule has 0 unspecified atom stereocenters. The Balaban J connectivity index is 1.86. The second kappa shape index (κ2) is 5.93. The summed E-state index contributed by atoms with van der Waals surface area (Å²) in [5.41, 5.74) is 2.24. The summed E-state index contributed by atoms with van der Waals surface area (Å²) in [4.78, 5) is 12.3. The average molecular weight is 330 g/mol. The van der Waals surface area contributed by atoms with E-state index in [2.05, 4.69) is 10.4 Å². The van der Waals surface area contributed by atoms with Crippen molar-refractivity contribution in [3.8, 4) is 5.69 Å². The number of hydrogen-bond donors (Lipinski definition) is 1. The number of halogens is 1. The fourth-order valence-corrected chi connectivity index (χ4v) is 2.63. The lowest BCUT2D eigenvalue weighted by atomic mass is 10.2. The van der Waals surface area contributed by atoms with Gasteiger partial charge in [0.25, 0.3) is 5.91 Å². The number of hydrogen-bond acceptors (Lipinski definition) is 3. The first-order chi connectivity index (χ1) is 10.9. The second-order valence-corrected chi connectivity index (χ2v) is 5.78. The van der Waals surface area contributed by atoms with Gasteiger partial charge in [-0.15, -0.1) is 5.10 Å². The molecule has 118 valence electrons. The summed E-state index contributed by atoms with van der Waals surface area (Å²) in [6.45, 7) is 5.48. The number of anilines is 1. The predicted molar refractivity (Wildman–Crippen MR) is 89.4 cm³/mol. The highest BCUT2D eigenvalue weighted by atomic mass is 35.5. The van der Waals surface area contributed by atoms with Crippen LogP contribution in [0.4, 0.5) is 5.82 Å². The maximum Gasteiger partial charge on any atom is 0.260 e. The van der Waals surface area contributed by atoms with Gasteiger partial charge in [-0.2, -0.15) is 0 Å². The Labute approximate surface area is 138 Å². The molecule has 3 aromatic rings. The summed E-state index contributed by atoms with van der Waals surface area (Å²) < 4.78 is 7.11. The molecule has 0 saturated carbocycles. The maximum atomic E-state index is 12.3. The van der Waals surface area contributed by atoms with Crippen LogP contribution in [-0.4, -0.2) is 15.7 Å². The van der Waals surface area contributed by atoms with Crippen molar-refractivity contribution in [1.29, 1.82) is 0 Å². The summed E-state index contributed by atoms with van der Waals surface area (Å²) in [5.74, 6) is 1.53. The molecule has 2 heterocycles. The molecule has 3 rings (SSSR count). The number of rotatable bonds is 3. The molecule has 0 spiro atoms. The van der Waals surface area contributed by atoms with Crippen molar-refractivity contribution in [3.05, 3.63) is 64.2 Å². The Morgan fingerprint density at radius 2 is 2.00 bits per heavy atom. The normalized spacial score (nSPS) is 10.8. The standard InChI is InChI=1S/C17H16ClN3O2/c1-10-7-16(19-17(22)15-8-11(2)23-12(15)3)20-21(10)14-6-4-5-13(18)9-14/h4-9H,1-3H3,(H,19,20,22). The van der Waals surface area contributed by atoms with Gasteiger partial charge in [0.05, 0.1) is 11.3 Å². The monoisotopic (exact) mass is 329 g/mol. The molecule has 23 heavy (non-hydrogen) atoms. The zero-order chi connectivity index (χ0) is 16.6. The SMILES string of the molecule is Cc1cc(C(=O)Nc2cc(C)n(-c3cccc(Cl)c3)n2)c(C)o1. The zero-order valence-electron chi connectivity index (χ0n) is 13.1. The fourth-order valence-electron chi connectivity index (χ4n) is 2.44. The molecule has 0 bridgehead atoms. The summed E-state index contributed by atoms with van der Waals surface area (Å²) in [5, 5.41) is 7.84. The quantitative estimate of drug-likeness (QED) is 0.779. The van der Waals surface area contributed by atoms with Gasteiger partial charge in [0.1, 0.15) is 11.5 Å². The van der Waals surface area contributed by atoms with Crippen LogP contribution in [0.2, 0.25) is 5.02 Å². The van der Waals surface area contributed by atoms with Gasteiger partial charge in [-0.1, -0.05) is 17.7 Å². The Morgan fingerprint density at radius 3 is 2.65 bits per heavy atom. The maximum absolute atomic E-state index is 12.3. The van der Waals surface area contributed by atoms with E-state index in [-0.39, 0.29) is 5.91 Å². The number of nitrogens with one attached hydrogen (secondary N) is 1. The Bertz CT molecular complexity index is 880. The van der Waals surface area contributed by atoms with Crippen LogP contribution in [0.5, 0.6) is 0 Å². The first kappa shape index (κ1) is 15.4. The molecule has 0 fully saturated rings. The Kier molecular flexibility index (Phi) is 3.96. The molecule has 0 radical (unpaired) electrons. The minimum atomic E-state index is -0.241. The van der Waals surface area contributed by atoms with E-state index in [9.17, 15) is 4.79 Å². The van der Waals surface area contributed by atoms with Crippen LogP contribution in [0, 0.1) is 20.8 Å². The van der Waals surface area contributed by atoms with Crippen molar-refractivity contribution < 1.29 is 9.21 Å². The lowest BCUT2D eigenvalue weighted by Gasteiger charge is -2.04. The van der Waals surface area contributed by atoms with Crippen LogP contribution in [0.1, 0.15) is 27.6 Å². The number of aromatic nitrogens is 2. The number of amides is 1. The molecule has 2 aromatic heterocycles. The number of aryl methyl sites for hydroxylation is 3. The number of nitrogens with zero attached hydrogens (tertiary/aromatic N) is 2. The molecule has 0 aliphatic rings. The van der Waals surface area contributed by atoms with Crippen molar-refractivity contribution in [1.82, 2.24) is 9.78 Å². The highest BCUT2D eigenvalue weighted by molar-refractivity contribution is 6.30. The fraction of sp³-hybridized carbons (Fsp3) is 0.176. The number of benzene rings is 1. The molecular formula is C17H16ClN3O2. The largest absolute Gasteiger partial charge is 0.466 e. The molecule has 0 aliphatic heterocycles. The molecule has 1 N–H and O–H groups in total. The molecule has 5 nitrogen and oxygen atoms in total. The number of carbonyl (C=O) groups excluding carboxylic acids is 1. The van der Waals surface area contributed by atoms with E-state index in [1.54, 1.807) is 29.8 Å². The van der Waals surface area contributed by atoms with Gasteiger partial charge in [0.2, 0.25) is 0 Å². The smallest absolute Gasteiger partial charge is 0.260 e. The van der Waals surface area contributed by atoms with Gasteiger partial charge in [0.15, 0.2) is 5.82 Å². The molecule has 0 saturated heterocycles. The van der Waals surface area contributed by atoms with Gasteiger partial charge in [-0.25, -0.2) is 4.68 Å². The molecule has 1 amide bonds. The van der Waals surface area contributed by atoms with Gasteiger partial charge in [-0.05, 0) is 45.0 Å². The lowest BCUT2D eigenvalue weighted by molar-refractivity contribution is 0.102. The highest BCUT2D eigenvalue weighted by Gasteiger charge is 2.15. The molecule has 0 aliphatic carbocycles. The van der Waals surface area contributed by atoms with Gasteiger partial charge >= 0.3 is 0 Å². The van der Waals surface area contributed by atoms with Gasteiger partial charge in [-0.3, -0.25) is 4.79 Å². The molecular weight excluding hydrogens is 314 g/mol. The van der Waals surface area contributed by atoms with Crippen LogP contribution in [-0.2, 0) is 0 Å². The minimum Gasteiger partial charge on any atom is -0.466 e. The summed E-state index contributed by atoms with van der Waals surface area (Å²) >= 11 is 6.02. The zero-order valence-corrected chi connectivity index (χ0v) is 13.8. The summed E-state index contributed by atoms with van der Waals surface area (Å²) in [6.07, 6.45) is 0. The van der Waals surface area contributed by atoms with Crippen molar-refractivity contribution in [2.24, 2.45) is 0 Å². The first-order valence-corrected chi connectivity index (χ1v) is 7.53. The van der Waals surface area contributed by atoms with E-state index in [1.165, 1.54) is 0 Å². The second-order valence-electron chi connectivity index (χ2n) is 5.34. The van der Waals surface area contributed by atoms with Crippen LogP contribution < -0.4 is 5.32 Å². The van der Waals surface area contributed by atoms with Crippen LogP contribution in [0.3, 0.4) is 0 Å². The topological polar surface area (TPSA) is 60.1 Å². The van der Waals surface area contributed by atoms with E-state index in [4.69, 9.17) is 16.0 Å². The van der Waals surface area contributed by atoms with Gasteiger partial charge in [0, 0.05) is 16.8 Å². The summed E-state index contributed by atoms with van der Waals surface area (Å²) in [6, 6.07) is 10.9. The number of furan rings is 1. The highest BCUT2D eigenvalue weighted by Crippen LogP contribution is 2.20. The van der Waals surface area contributed by atoms with Crippen molar-refractivity contribution in [2.75, 3.05) is 5.32 Å². The third kappa shape index (κ3) is 3.14. The van der Waals surface area contributed by atoms with Crippen LogP contribution in [0.15, 0.2) is 40.8 Å². The third-order valence-electron chi connectivity index (χ3n) is 3.47. The average Bonchev–Trinajstić information content (AvgIpc) is 3.01. The predicted octanol–water partition coefficient (Wildman–Crippen LogP) is 4.30. The van der Waals surface area contributed by atoms with E-state index < -0.39 is 0 Å². The van der Waals surface area contributed by atoms with Crippen molar-refractivity contribution in [3.63, 3.8) is 0 Å². The van der Waals surface area contributed by atoms with Crippen molar-refractivity contribution >= 4 is 23.3 Å². The molecule has 0 atom stereocenters. The first-order valence-electron chi connectivity index (χ1n) is 7.15. The van der Waals surface area contributed by atoms with E-state index in [0.29, 0.717) is 27.9 Å². The molecule has 1 aromatic carbocycles. The third-order valence-corrected chi connectivity index (χ3v) is 3.70. The number of carbonyl (C=O) groups is 1. The molecule has 6 heteroatoms. The van der Waals surface area contributed by atoms with E-state index in [1.807, 2.05) is 32.0 Å². The van der Waals surface area contributed by atoms with E-state index in [0.717, 1.165) is 11.4 Å². The van der Waals surface area contributed by atoms with Crippen molar-refractivity contribution in [2.45, 2.75) is 20.8 Å². The lowest BCUT2D eigenvalue weighted by Crippen LogP contribution is -2.12.